The monoisotopic (exact) mass is 281 g/mol. The van der Waals surface area contributed by atoms with Gasteiger partial charge in [0.1, 0.15) is 0 Å². The zero-order valence-corrected chi connectivity index (χ0v) is 10.9. The van der Waals surface area contributed by atoms with E-state index in [0.29, 0.717) is 0 Å². The van der Waals surface area contributed by atoms with E-state index < -0.39 is 0 Å². The number of nitrogens with zero attached hydrogens (tertiary/aromatic N) is 1. The highest BCUT2D eigenvalue weighted by Gasteiger charge is 2.49. The number of fused-ring (bicyclic) bond motifs is 2. The minimum Gasteiger partial charge on any atom is -0.260 e. The summed E-state index contributed by atoms with van der Waals surface area (Å²) in [4.78, 5) is 4.57. The molecule has 0 bridgehead atoms. The second-order valence-corrected chi connectivity index (χ2v) is 6.18. The SMILES string of the molecule is CSC1CCC12C=Nc1cc(Br)ccc12. The minimum atomic E-state index is 0.259. The fraction of sp³-hybridized carbons (Fsp3) is 0.417. The molecule has 0 aromatic heterocycles. The summed E-state index contributed by atoms with van der Waals surface area (Å²) in [6, 6.07) is 6.48. The predicted octanol–water partition coefficient (Wildman–Crippen LogP) is 3.93. The largest absolute Gasteiger partial charge is 0.260 e. The Morgan fingerprint density at radius 2 is 2.40 bits per heavy atom. The molecule has 1 aliphatic carbocycles. The zero-order valence-electron chi connectivity index (χ0n) is 8.53. The maximum absolute atomic E-state index is 4.57. The summed E-state index contributed by atoms with van der Waals surface area (Å²) >= 11 is 5.47. The van der Waals surface area contributed by atoms with Gasteiger partial charge < -0.3 is 0 Å². The van der Waals surface area contributed by atoms with Crippen LogP contribution in [0.3, 0.4) is 0 Å². The normalized spacial score (nSPS) is 31.7. The maximum Gasteiger partial charge on any atom is 0.0679 e. The van der Waals surface area contributed by atoms with Gasteiger partial charge in [0.25, 0.3) is 0 Å². The van der Waals surface area contributed by atoms with Crippen molar-refractivity contribution in [2.45, 2.75) is 23.5 Å². The van der Waals surface area contributed by atoms with Gasteiger partial charge in [-0.3, -0.25) is 4.99 Å². The lowest BCUT2D eigenvalue weighted by Gasteiger charge is -2.44. The van der Waals surface area contributed by atoms with Crippen LogP contribution in [0.2, 0.25) is 0 Å². The molecule has 2 atom stereocenters. The first-order valence-corrected chi connectivity index (χ1v) is 7.22. The number of halogens is 1. The molecule has 1 aliphatic heterocycles. The lowest BCUT2D eigenvalue weighted by Crippen LogP contribution is -2.46. The Morgan fingerprint density at radius 1 is 1.53 bits per heavy atom. The van der Waals surface area contributed by atoms with Crippen molar-refractivity contribution >= 4 is 39.6 Å². The molecule has 0 saturated heterocycles. The summed E-state index contributed by atoms with van der Waals surface area (Å²) < 4.78 is 1.12. The molecule has 1 aromatic rings. The van der Waals surface area contributed by atoms with Crippen molar-refractivity contribution in [2.75, 3.05) is 6.26 Å². The van der Waals surface area contributed by atoms with Crippen LogP contribution in [-0.4, -0.2) is 17.7 Å². The third-order valence-corrected chi connectivity index (χ3v) is 5.29. The van der Waals surface area contributed by atoms with E-state index in [-0.39, 0.29) is 5.41 Å². The number of hydrogen-bond donors (Lipinski definition) is 0. The molecular weight excluding hydrogens is 270 g/mol. The standard InChI is InChI=1S/C12H12BrNS/c1-15-11-4-5-12(11)7-14-10-6-8(13)2-3-9(10)12/h2-3,6-7,11H,4-5H2,1H3. The summed E-state index contributed by atoms with van der Waals surface area (Å²) in [6.45, 7) is 0. The average molecular weight is 282 g/mol. The number of benzene rings is 1. The minimum absolute atomic E-state index is 0.259. The summed E-state index contributed by atoms with van der Waals surface area (Å²) in [5.74, 6) is 0. The third kappa shape index (κ3) is 1.26. The molecule has 1 nitrogen and oxygen atoms in total. The van der Waals surface area contributed by atoms with E-state index in [4.69, 9.17) is 0 Å². The van der Waals surface area contributed by atoms with Gasteiger partial charge in [-0.05, 0) is 36.8 Å². The molecule has 2 aliphatic rings. The van der Waals surface area contributed by atoms with Crippen LogP contribution in [0, 0.1) is 0 Å². The molecule has 3 rings (SSSR count). The molecule has 1 saturated carbocycles. The fourth-order valence-corrected chi connectivity index (χ4v) is 4.05. The van der Waals surface area contributed by atoms with E-state index in [9.17, 15) is 0 Å². The van der Waals surface area contributed by atoms with Crippen molar-refractivity contribution in [2.24, 2.45) is 4.99 Å². The molecule has 1 spiro atoms. The summed E-state index contributed by atoms with van der Waals surface area (Å²) in [5.41, 5.74) is 2.84. The summed E-state index contributed by atoms with van der Waals surface area (Å²) in [6.07, 6.45) is 6.96. The van der Waals surface area contributed by atoms with Crippen LogP contribution < -0.4 is 0 Å². The Morgan fingerprint density at radius 3 is 3.07 bits per heavy atom. The van der Waals surface area contributed by atoms with Crippen LogP contribution in [0.25, 0.3) is 0 Å². The highest BCUT2D eigenvalue weighted by atomic mass is 79.9. The number of aliphatic imine (C=N–C) groups is 1. The first kappa shape index (κ1) is 9.91. The maximum atomic E-state index is 4.57. The highest BCUT2D eigenvalue weighted by Crippen LogP contribution is 2.54. The van der Waals surface area contributed by atoms with Crippen LogP contribution in [-0.2, 0) is 5.41 Å². The van der Waals surface area contributed by atoms with Crippen LogP contribution in [0.5, 0.6) is 0 Å². The van der Waals surface area contributed by atoms with Crippen LogP contribution in [0.1, 0.15) is 18.4 Å². The molecule has 0 radical (unpaired) electrons. The molecule has 2 unspecified atom stereocenters. The van der Waals surface area contributed by atoms with E-state index in [1.54, 1.807) is 0 Å². The van der Waals surface area contributed by atoms with Crippen molar-refractivity contribution in [3.05, 3.63) is 28.2 Å². The Balaban J connectivity index is 2.09. The Hall–Kier alpha value is -0.280. The molecule has 1 fully saturated rings. The predicted molar refractivity (Wildman–Crippen MR) is 70.5 cm³/mol. The van der Waals surface area contributed by atoms with Gasteiger partial charge >= 0.3 is 0 Å². The summed E-state index contributed by atoms with van der Waals surface area (Å²) in [5, 5.41) is 0.726. The number of rotatable bonds is 1. The quantitative estimate of drug-likeness (QED) is 0.760. The molecule has 3 heteroatoms. The van der Waals surface area contributed by atoms with E-state index in [0.717, 1.165) is 15.4 Å². The second kappa shape index (κ2) is 3.36. The van der Waals surface area contributed by atoms with Crippen molar-refractivity contribution in [3.63, 3.8) is 0 Å². The smallest absolute Gasteiger partial charge is 0.0679 e. The van der Waals surface area contributed by atoms with Crippen molar-refractivity contribution in [1.29, 1.82) is 0 Å². The van der Waals surface area contributed by atoms with Crippen molar-refractivity contribution in [3.8, 4) is 0 Å². The molecular formula is C12H12BrNS. The van der Waals surface area contributed by atoms with E-state index in [1.165, 1.54) is 18.4 Å². The molecule has 1 heterocycles. The first-order chi connectivity index (χ1) is 7.26. The van der Waals surface area contributed by atoms with Gasteiger partial charge in [-0.15, -0.1) is 0 Å². The second-order valence-electron chi connectivity index (χ2n) is 4.22. The van der Waals surface area contributed by atoms with Gasteiger partial charge in [0.15, 0.2) is 0 Å². The molecule has 78 valence electrons. The van der Waals surface area contributed by atoms with E-state index in [1.807, 2.05) is 11.8 Å². The van der Waals surface area contributed by atoms with Crippen molar-refractivity contribution in [1.82, 2.24) is 0 Å². The topological polar surface area (TPSA) is 12.4 Å². The van der Waals surface area contributed by atoms with Gasteiger partial charge in [-0.25, -0.2) is 0 Å². The van der Waals surface area contributed by atoms with Crippen LogP contribution in [0.15, 0.2) is 27.7 Å². The van der Waals surface area contributed by atoms with E-state index >= 15 is 0 Å². The average Bonchev–Trinajstić information content (AvgIpc) is 2.57. The molecule has 15 heavy (non-hydrogen) atoms. The van der Waals surface area contributed by atoms with Crippen LogP contribution in [0.4, 0.5) is 5.69 Å². The summed E-state index contributed by atoms with van der Waals surface area (Å²) in [7, 11) is 0. The highest BCUT2D eigenvalue weighted by molar-refractivity contribution is 9.10. The number of thioether (sulfide) groups is 1. The van der Waals surface area contributed by atoms with Gasteiger partial charge in [-0.2, -0.15) is 11.8 Å². The Kier molecular flexibility index (Phi) is 2.22. The van der Waals surface area contributed by atoms with Gasteiger partial charge in [0.05, 0.1) is 5.69 Å². The fourth-order valence-electron chi connectivity index (χ4n) is 2.62. The van der Waals surface area contributed by atoms with Gasteiger partial charge in [0, 0.05) is 21.4 Å². The first-order valence-electron chi connectivity index (χ1n) is 5.14. The Labute approximate surface area is 102 Å². The van der Waals surface area contributed by atoms with Crippen molar-refractivity contribution < 1.29 is 0 Å². The molecule has 1 aromatic carbocycles. The van der Waals surface area contributed by atoms with E-state index in [2.05, 4.69) is 51.6 Å². The Bertz CT molecular complexity index is 441. The van der Waals surface area contributed by atoms with Gasteiger partial charge in [-0.1, -0.05) is 22.0 Å². The lowest BCUT2D eigenvalue weighted by molar-refractivity contribution is 0.371. The van der Waals surface area contributed by atoms with Crippen LogP contribution >= 0.6 is 27.7 Å². The number of hydrogen-bond acceptors (Lipinski definition) is 2. The van der Waals surface area contributed by atoms with Gasteiger partial charge in [0.2, 0.25) is 0 Å². The lowest BCUT2D eigenvalue weighted by atomic mass is 9.65. The third-order valence-electron chi connectivity index (χ3n) is 3.57. The molecule has 0 N–H and O–H groups in total. The molecule has 0 amide bonds. The zero-order chi connectivity index (χ0) is 10.5.